The van der Waals surface area contributed by atoms with Crippen LogP contribution in [0.1, 0.15) is 71.2 Å². The number of carbonyl (C=O) groups is 2. The number of hydrogen-bond donors (Lipinski definition) is 2. The van der Waals surface area contributed by atoms with Crippen LogP contribution in [0.4, 0.5) is 0 Å². The first-order valence-electron chi connectivity index (χ1n) is 13.4. The molecule has 0 atom stereocenters. The molecule has 4 aromatic heterocycles. The van der Waals surface area contributed by atoms with E-state index in [1.54, 1.807) is 24.5 Å². The monoisotopic (exact) mass is 570 g/mol. The average Bonchev–Trinajstić information content (AvgIpc) is 2.97. The van der Waals surface area contributed by atoms with Crippen molar-refractivity contribution < 1.29 is 19.1 Å². The Labute approximate surface area is 247 Å². The third-order valence-electron chi connectivity index (χ3n) is 6.40. The summed E-state index contributed by atoms with van der Waals surface area (Å²) in [5, 5.41) is 5.92. The lowest BCUT2D eigenvalue weighted by Crippen LogP contribution is -2.41. The fraction of sp³-hybridized carbons (Fsp3) is 0.312. The lowest BCUT2D eigenvalue weighted by Gasteiger charge is -2.26. The molecule has 10 nitrogen and oxygen atoms in total. The summed E-state index contributed by atoms with van der Waals surface area (Å²) in [7, 11) is 3.07. The number of pyridine rings is 4. The quantitative estimate of drug-likeness (QED) is 0.306. The number of amides is 2. The van der Waals surface area contributed by atoms with Crippen molar-refractivity contribution in [3.63, 3.8) is 0 Å². The molecule has 0 bridgehead atoms. The Morgan fingerprint density at radius 1 is 0.643 bits per heavy atom. The Balaban J connectivity index is 0.000000230. The van der Waals surface area contributed by atoms with Gasteiger partial charge in [0, 0.05) is 48.3 Å². The zero-order chi connectivity index (χ0) is 30.9. The van der Waals surface area contributed by atoms with E-state index in [0.717, 1.165) is 22.8 Å². The Kier molecular flexibility index (Phi) is 10.3. The van der Waals surface area contributed by atoms with E-state index in [9.17, 15) is 9.59 Å². The van der Waals surface area contributed by atoms with Crippen LogP contribution in [0.2, 0.25) is 0 Å². The molecule has 42 heavy (non-hydrogen) atoms. The van der Waals surface area contributed by atoms with Gasteiger partial charge in [-0.3, -0.25) is 29.5 Å². The fourth-order valence-electron chi connectivity index (χ4n) is 4.04. The summed E-state index contributed by atoms with van der Waals surface area (Å²) < 4.78 is 10.5. The Morgan fingerprint density at radius 2 is 1.02 bits per heavy atom. The zero-order valence-corrected chi connectivity index (χ0v) is 25.4. The first-order chi connectivity index (χ1) is 19.9. The maximum atomic E-state index is 12.5. The van der Waals surface area contributed by atoms with Gasteiger partial charge in [-0.1, -0.05) is 12.1 Å². The van der Waals surface area contributed by atoms with Gasteiger partial charge in [0.15, 0.2) is 0 Å². The van der Waals surface area contributed by atoms with Crippen LogP contribution in [-0.4, -0.2) is 46.0 Å². The van der Waals surface area contributed by atoms with Crippen molar-refractivity contribution in [1.82, 2.24) is 30.6 Å². The molecule has 2 amide bonds. The second-order valence-electron chi connectivity index (χ2n) is 10.6. The highest BCUT2D eigenvalue weighted by Crippen LogP contribution is 2.23. The van der Waals surface area contributed by atoms with Crippen LogP contribution in [0.5, 0.6) is 11.5 Å². The molecule has 2 N–H and O–H groups in total. The summed E-state index contributed by atoms with van der Waals surface area (Å²) in [6, 6.07) is 14.7. The number of ether oxygens (including phenoxy) is 2. The Hall–Kier alpha value is -4.86. The molecule has 0 aliphatic heterocycles. The molecular weight excluding hydrogens is 532 g/mol. The highest BCUT2D eigenvalue weighted by atomic mass is 16.5. The average molecular weight is 571 g/mol. The summed E-state index contributed by atoms with van der Waals surface area (Å²) in [4.78, 5) is 41.8. The highest BCUT2D eigenvalue weighted by Gasteiger charge is 2.27. The van der Waals surface area contributed by atoms with Gasteiger partial charge in [0.1, 0.15) is 11.5 Å². The van der Waals surface area contributed by atoms with Crippen LogP contribution < -0.4 is 20.1 Å². The van der Waals surface area contributed by atoms with E-state index >= 15 is 0 Å². The van der Waals surface area contributed by atoms with Crippen molar-refractivity contribution in [2.24, 2.45) is 0 Å². The first-order valence-corrected chi connectivity index (χ1v) is 13.4. The van der Waals surface area contributed by atoms with Crippen LogP contribution in [0.15, 0.2) is 73.3 Å². The second-order valence-corrected chi connectivity index (χ2v) is 10.6. The molecule has 0 saturated carbocycles. The van der Waals surface area contributed by atoms with E-state index < -0.39 is 11.1 Å². The Morgan fingerprint density at radius 3 is 1.33 bits per heavy atom. The highest BCUT2D eigenvalue weighted by molar-refractivity contribution is 5.97. The van der Waals surface area contributed by atoms with E-state index in [-0.39, 0.29) is 11.8 Å². The molecule has 0 radical (unpaired) electrons. The molecule has 10 heteroatoms. The number of rotatable bonds is 8. The van der Waals surface area contributed by atoms with Gasteiger partial charge in [0.05, 0.1) is 47.8 Å². The number of carbonyl (C=O) groups excluding carboxylic acids is 2. The van der Waals surface area contributed by atoms with Crippen LogP contribution in [0.3, 0.4) is 0 Å². The van der Waals surface area contributed by atoms with Crippen LogP contribution in [0, 0.1) is 13.8 Å². The predicted octanol–water partition coefficient (Wildman–Crippen LogP) is 4.92. The summed E-state index contributed by atoms with van der Waals surface area (Å²) in [5.74, 6) is 0.540. The van der Waals surface area contributed by atoms with Gasteiger partial charge in [-0.05, 0) is 65.8 Å². The van der Waals surface area contributed by atoms with Crippen LogP contribution in [-0.2, 0) is 11.1 Å². The number of aryl methyl sites for hydroxylation is 2. The van der Waals surface area contributed by atoms with E-state index in [4.69, 9.17) is 9.47 Å². The van der Waals surface area contributed by atoms with Gasteiger partial charge < -0.3 is 20.1 Å². The normalized spacial score (nSPS) is 11.0. The van der Waals surface area contributed by atoms with Gasteiger partial charge in [0.25, 0.3) is 11.8 Å². The molecule has 4 aromatic rings. The maximum absolute atomic E-state index is 12.5. The third-order valence-corrected chi connectivity index (χ3v) is 6.40. The Bertz CT molecular complexity index is 1390. The molecule has 0 fully saturated rings. The molecule has 4 rings (SSSR count). The number of nitrogens with one attached hydrogen (secondary N) is 2. The van der Waals surface area contributed by atoms with Crippen molar-refractivity contribution >= 4 is 11.8 Å². The molecule has 0 aromatic carbocycles. The SMILES string of the molecule is COc1cc(C)ncc1C(=O)NC(C)(C)c1ccccn1.COc1cc(C)ncc1C(=O)NC(C)(C)c1ccccn1. The van der Waals surface area contributed by atoms with Gasteiger partial charge in [-0.25, -0.2) is 0 Å². The maximum Gasteiger partial charge on any atom is 0.257 e. The van der Waals surface area contributed by atoms with Crippen molar-refractivity contribution in [2.45, 2.75) is 52.6 Å². The summed E-state index contributed by atoms with van der Waals surface area (Å²) in [6.07, 6.45) is 6.46. The van der Waals surface area contributed by atoms with Crippen molar-refractivity contribution in [1.29, 1.82) is 0 Å². The topological polar surface area (TPSA) is 128 Å². The standard InChI is InChI=1S/2C16H19N3O2/c2*1-11-9-13(21-4)12(10-18-11)15(20)19-16(2,3)14-7-5-6-8-17-14/h2*5-10H,1-4H3,(H,19,20). The van der Waals surface area contributed by atoms with Gasteiger partial charge >= 0.3 is 0 Å². The predicted molar refractivity (Wildman–Crippen MR) is 161 cm³/mol. The van der Waals surface area contributed by atoms with E-state index in [1.807, 2.05) is 77.9 Å². The smallest absolute Gasteiger partial charge is 0.257 e. The fourth-order valence-corrected chi connectivity index (χ4v) is 4.04. The zero-order valence-electron chi connectivity index (χ0n) is 25.4. The molecule has 0 spiro atoms. The van der Waals surface area contributed by atoms with E-state index in [1.165, 1.54) is 26.6 Å². The van der Waals surface area contributed by atoms with E-state index in [2.05, 4.69) is 30.6 Å². The lowest BCUT2D eigenvalue weighted by atomic mass is 9.99. The molecule has 4 heterocycles. The van der Waals surface area contributed by atoms with Crippen molar-refractivity contribution in [3.05, 3.63) is 107 Å². The molecular formula is C32H38N6O4. The number of nitrogens with zero attached hydrogens (tertiary/aromatic N) is 4. The number of methoxy groups -OCH3 is 2. The molecule has 0 aliphatic rings. The minimum absolute atomic E-state index is 0.241. The van der Waals surface area contributed by atoms with Crippen LogP contribution in [0.25, 0.3) is 0 Å². The van der Waals surface area contributed by atoms with Crippen molar-refractivity contribution in [2.75, 3.05) is 14.2 Å². The van der Waals surface area contributed by atoms with Crippen LogP contribution >= 0.6 is 0 Å². The summed E-state index contributed by atoms with van der Waals surface area (Å²) >= 11 is 0. The van der Waals surface area contributed by atoms with Gasteiger partial charge in [0.2, 0.25) is 0 Å². The summed E-state index contributed by atoms with van der Waals surface area (Å²) in [6.45, 7) is 11.3. The largest absolute Gasteiger partial charge is 0.496 e. The number of aromatic nitrogens is 4. The van der Waals surface area contributed by atoms with Gasteiger partial charge in [-0.15, -0.1) is 0 Å². The van der Waals surface area contributed by atoms with E-state index in [0.29, 0.717) is 22.6 Å². The molecule has 0 saturated heterocycles. The number of hydrogen-bond acceptors (Lipinski definition) is 8. The minimum atomic E-state index is -0.589. The first kappa shape index (κ1) is 31.7. The molecule has 0 unspecified atom stereocenters. The molecule has 220 valence electrons. The van der Waals surface area contributed by atoms with Gasteiger partial charge in [-0.2, -0.15) is 0 Å². The summed E-state index contributed by atoms with van der Waals surface area (Å²) in [5.41, 5.74) is 2.82. The lowest BCUT2D eigenvalue weighted by molar-refractivity contribution is 0.0897. The van der Waals surface area contributed by atoms with Crippen molar-refractivity contribution in [3.8, 4) is 11.5 Å². The second kappa shape index (κ2) is 13.7. The molecule has 0 aliphatic carbocycles. The minimum Gasteiger partial charge on any atom is -0.496 e. The third kappa shape index (κ3) is 8.09.